The molecule has 0 unspecified atom stereocenters. The van der Waals surface area contributed by atoms with E-state index < -0.39 is 34.1 Å². The minimum absolute atomic E-state index is 0.000323. The molecule has 7 nitrogen and oxygen atoms in total. The summed E-state index contributed by atoms with van der Waals surface area (Å²) in [5, 5.41) is 3.47. The summed E-state index contributed by atoms with van der Waals surface area (Å²) in [6.07, 6.45) is 0.216. The number of halogens is 1. The van der Waals surface area contributed by atoms with E-state index in [0.29, 0.717) is 21.8 Å². The van der Waals surface area contributed by atoms with E-state index in [2.05, 4.69) is 5.32 Å². The summed E-state index contributed by atoms with van der Waals surface area (Å²) in [5.41, 5.74) is 2.96. The number of nitrogens with one attached hydrogen (secondary N) is 1. The van der Waals surface area contributed by atoms with Crippen LogP contribution >= 0.6 is 11.6 Å². The third-order valence-corrected chi connectivity index (χ3v) is 9.44. The summed E-state index contributed by atoms with van der Waals surface area (Å²) in [5.74, 6) is -0.893. The predicted octanol–water partition coefficient (Wildman–Crippen LogP) is 6.71. The maximum Gasteiger partial charge on any atom is 0.264 e. The standard InChI is InChI=1S/C36H40ClN3O4S/c1-26-20-21-32(27(2)22-26)40(45(43,44)30-17-10-7-11-18-30)25-34(41)39(24-29-16-12-13-19-31(29)37)33(35(42)38-36(3,4)5)23-28-14-8-6-9-15-28/h6-22,33H,23-25H2,1-5H3,(H,38,42)/t33-/m0/s1. The summed E-state index contributed by atoms with van der Waals surface area (Å²) in [6.45, 7) is 8.83. The Balaban J connectivity index is 1.84. The van der Waals surface area contributed by atoms with Crippen LogP contribution in [0.3, 0.4) is 0 Å². The average Bonchev–Trinajstić information content (AvgIpc) is 2.99. The number of aryl methyl sites for hydroxylation is 2. The van der Waals surface area contributed by atoms with Crippen molar-refractivity contribution in [2.24, 2.45) is 0 Å². The second-order valence-electron chi connectivity index (χ2n) is 12.2. The number of amides is 2. The van der Waals surface area contributed by atoms with E-state index in [4.69, 9.17) is 11.6 Å². The van der Waals surface area contributed by atoms with Crippen LogP contribution in [-0.4, -0.2) is 43.3 Å². The Bertz CT molecular complexity index is 1740. The normalized spacial score (nSPS) is 12.3. The fourth-order valence-electron chi connectivity index (χ4n) is 5.14. The Labute approximate surface area is 271 Å². The Kier molecular flexibility index (Phi) is 10.7. The van der Waals surface area contributed by atoms with Crippen molar-refractivity contribution in [2.45, 2.75) is 64.1 Å². The minimum atomic E-state index is -4.17. The lowest BCUT2D eigenvalue weighted by atomic mass is 10.0. The quantitative estimate of drug-likeness (QED) is 0.197. The number of hydrogen-bond acceptors (Lipinski definition) is 4. The number of anilines is 1. The summed E-state index contributed by atoms with van der Waals surface area (Å²) < 4.78 is 29.5. The van der Waals surface area contributed by atoms with Crippen LogP contribution < -0.4 is 9.62 Å². The van der Waals surface area contributed by atoms with Crippen molar-refractivity contribution in [2.75, 3.05) is 10.8 Å². The van der Waals surface area contributed by atoms with E-state index in [9.17, 15) is 18.0 Å². The number of sulfonamides is 1. The van der Waals surface area contributed by atoms with Gasteiger partial charge in [0, 0.05) is 23.5 Å². The molecule has 9 heteroatoms. The smallest absolute Gasteiger partial charge is 0.264 e. The van der Waals surface area contributed by atoms with Crippen LogP contribution in [0, 0.1) is 13.8 Å². The zero-order chi connectivity index (χ0) is 32.8. The maximum atomic E-state index is 14.6. The third-order valence-electron chi connectivity index (χ3n) is 7.30. The van der Waals surface area contributed by atoms with E-state index in [1.165, 1.54) is 17.0 Å². The second-order valence-corrected chi connectivity index (χ2v) is 14.4. The van der Waals surface area contributed by atoms with Crippen LogP contribution in [0.4, 0.5) is 5.69 Å². The number of nitrogens with zero attached hydrogens (tertiary/aromatic N) is 2. The van der Waals surface area contributed by atoms with Crippen molar-refractivity contribution in [3.63, 3.8) is 0 Å². The van der Waals surface area contributed by atoms with Crippen molar-refractivity contribution in [3.8, 4) is 0 Å². The molecule has 0 saturated heterocycles. The van der Waals surface area contributed by atoms with Gasteiger partial charge in [-0.2, -0.15) is 0 Å². The van der Waals surface area contributed by atoms with Crippen molar-refractivity contribution in [1.82, 2.24) is 10.2 Å². The molecule has 0 bridgehead atoms. The van der Waals surface area contributed by atoms with E-state index >= 15 is 0 Å². The summed E-state index contributed by atoms with van der Waals surface area (Å²) >= 11 is 6.57. The van der Waals surface area contributed by atoms with Gasteiger partial charge in [0.2, 0.25) is 11.8 Å². The molecule has 4 aromatic rings. The molecule has 1 N–H and O–H groups in total. The predicted molar refractivity (Wildman–Crippen MR) is 181 cm³/mol. The number of benzene rings is 4. The Morgan fingerprint density at radius 3 is 2.04 bits per heavy atom. The fourth-order valence-corrected chi connectivity index (χ4v) is 6.83. The Morgan fingerprint density at radius 2 is 1.44 bits per heavy atom. The first-order valence-corrected chi connectivity index (χ1v) is 16.6. The molecule has 1 atom stereocenters. The lowest BCUT2D eigenvalue weighted by molar-refractivity contribution is -0.140. The molecule has 0 saturated carbocycles. The monoisotopic (exact) mass is 645 g/mol. The molecule has 0 aliphatic rings. The lowest BCUT2D eigenvalue weighted by Gasteiger charge is -2.35. The van der Waals surface area contributed by atoms with Gasteiger partial charge in [-0.1, -0.05) is 96.0 Å². The molecule has 4 aromatic carbocycles. The molecule has 236 valence electrons. The lowest BCUT2D eigenvalue weighted by Crippen LogP contribution is -2.56. The number of carbonyl (C=O) groups is 2. The van der Waals surface area contributed by atoms with Crippen LogP contribution in [0.5, 0.6) is 0 Å². The molecule has 0 radical (unpaired) electrons. The van der Waals surface area contributed by atoms with Crippen LogP contribution in [0.15, 0.2) is 108 Å². The fraction of sp³-hybridized carbons (Fsp3) is 0.278. The molecular formula is C36H40ClN3O4S. The van der Waals surface area contributed by atoms with Crippen LogP contribution in [0.2, 0.25) is 5.02 Å². The Hall–Kier alpha value is -4.14. The van der Waals surface area contributed by atoms with Gasteiger partial charge in [-0.3, -0.25) is 13.9 Å². The zero-order valence-electron chi connectivity index (χ0n) is 26.3. The summed E-state index contributed by atoms with van der Waals surface area (Å²) in [4.78, 5) is 30.1. The molecule has 4 rings (SSSR count). The topological polar surface area (TPSA) is 86.8 Å². The van der Waals surface area contributed by atoms with Gasteiger partial charge in [-0.15, -0.1) is 0 Å². The number of rotatable bonds is 11. The Morgan fingerprint density at radius 1 is 0.844 bits per heavy atom. The average molecular weight is 646 g/mol. The van der Waals surface area contributed by atoms with Crippen molar-refractivity contribution in [3.05, 3.63) is 130 Å². The van der Waals surface area contributed by atoms with Gasteiger partial charge in [0.25, 0.3) is 10.0 Å². The molecule has 0 spiro atoms. The van der Waals surface area contributed by atoms with E-state index in [1.807, 2.05) is 83.1 Å². The zero-order valence-corrected chi connectivity index (χ0v) is 27.9. The van der Waals surface area contributed by atoms with Crippen molar-refractivity contribution >= 4 is 39.1 Å². The van der Waals surface area contributed by atoms with Crippen molar-refractivity contribution in [1.29, 1.82) is 0 Å². The van der Waals surface area contributed by atoms with Crippen LogP contribution in [-0.2, 0) is 32.6 Å². The highest BCUT2D eigenvalue weighted by Crippen LogP contribution is 2.29. The molecule has 0 aliphatic heterocycles. The van der Waals surface area contributed by atoms with Gasteiger partial charge in [0.15, 0.2) is 0 Å². The summed E-state index contributed by atoms with van der Waals surface area (Å²) in [7, 11) is -4.17. The highest BCUT2D eigenvalue weighted by atomic mass is 35.5. The maximum absolute atomic E-state index is 14.6. The van der Waals surface area contributed by atoms with Crippen LogP contribution in [0.1, 0.15) is 43.0 Å². The van der Waals surface area contributed by atoms with Gasteiger partial charge in [-0.05, 0) is 75.6 Å². The molecule has 0 aliphatic carbocycles. The van der Waals surface area contributed by atoms with Gasteiger partial charge < -0.3 is 10.2 Å². The van der Waals surface area contributed by atoms with E-state index in [-0.39, 0.29) is 23.8 Å². The summed E-state index contributed by atoms with van der Waals surface area (Å²) in [6, 6.07) is 29.1. The molecule has 0 fully saturated rings. The SMILES string of the molecule is Cc1ccc(N(CC(=O)N(Cc2ccccc2Cl)[C@@H](Cc2ccccc2)C(=O)NC(C)(C)C)S(=O)(=O)c2ccccc2)c(C)c1. The highest BCUT2D eigenvalue weighted by molar-refractivity contribution is 7.92. The van der Waals surface area contributed by atoms with Gasteiger partial charge in [-0.25, -0.2) is 8.42 Å². The number of carbonyl (C=O) groups excluding carboxylic acids is 2. The third kappa shape index (κ3) is 8.74. The first-order valence-electron chi connectivity index (χ1n) is 14.8. The molecule has 45 heavy (non-hydrogen) atoms. The van der Waals surface area contributed by atoms with E-state index in [0.717, 1.165) is 15.4 Å². The van der Waals surface area contributed by atoms with Crippen molar-refractivity contribution < 1.29 is 18.0 Å². The molecular weight excluding hydrogens is 606 g/mol. The van der Waals surface area contributed by atoms with E-state index in [1.54, 1.807) is 42.5 Å². The highest BCUT2D eigenvalue weighted by Gasteiger charge is 2.36. The first kappa shape index (κ1) is 33.7. The van der Waals surface area contributed by atoms with Gasteiger partial charge >= 0.3 is 0 Å². The van der Waals surface area contributed by atoms with Gasteiger partial charge in [0.05, 0.1) is 10.6 Å². The number of hydrogen-bond donors (Lipinski definition) is 1. The van der Waals surface area contributed by atoms with Crippen LogP contribution in [0.25, 0.3) is 0 Å². The van der Waals surface area contributed by atoms with Gasteiger partial charge in [0.1, 0.15) is 12.6 Å². The molecule has 2 amide bonds. The second kappa shape index (κ2) is 14.3. The molecule has 0 aromatic heterocycles. The molecule has 0 heterocycles. The largest absolute Gasteiger partial charge is 0.350 e. The first-order chi connectivity index (χ1) is 21.3. The minimum Gasteiger partial charge on any atom is -0.350 e.